The Morgan fingerprint density at radius 3 is 2.67 bits per heavy atom. The molecule has 0 radical (unpaired) electrons. The molecule has 0 saturated heterocycles. The Morgan fingerprint density at radius 1 is 1.10 bits per heavy atom. The van der Waals surface area contributed by atoms with Crippen LogP contribution in [0.3, 0.4) is 0 Å². The van der Waals surface area contributed by atoms with Gasteiger partial charge in [0.15, 0.2) is 6.04 Å². The summed E-state index contributed by atoms with van der Waals surface area (Å²) >= 11 is 0. The molecule has 0 spiro atoms. The van der Waals surface area contributed by atoms with E-state index < -0.39 is 0 Å². The Labute approximate surface area is 176 Å². The molecule has 2 aromatic carbocycles. The molecule has 1 atom stereocenters. The van der Waals surface area contributed by atoms with Gasteiger partial charge in [-0.2, -0.15) is 0 Å². The van der Waals surface area contributed by atoms with E-state index in [1.807, 2.05) is 18.2 Å². The first-order valence-corrected chi connectivity index (χ1v) is 11.0. The van der Waals surface area contributed by atoms with Crippen LogP contribution in [-0.2, 0) is 6.42 Å². The summed E-state index contributed by atoms with van der Waals surface area (Å²) in [6.07, 6.45) is 9.55. The second-order valence-corrected chi connectivity index (χ2v) is 8.50. The highest BCUT2D eigenvalue weighted by atomic mass is 19.1. The first-order valence-electron chi connectivity index (χ1n) is 11.0. The lowest BCUT2D eigenvalue weighted by molar-refractivity contribution is -0.564. The lowest BCUT2D eigenvalue weighted by Crippen LogP contribution is -2.37. The summed E-state index contributed by atoms with van der Waals surface area (Å²) in [5, 5.41) is 4.69. The van der Waals surface area contributed by atoms with Crippen LogP contribution in [0.25, 0.3) is 10.9 Å². The third-order valence-corrected chi connectivity index (χ3v) is 6.64. The molecule has 1 aliphatic carbocycles. The molecule has 1 aromatic heterocycles. The van der Waals surface area contributed by atoms with Gasteiger partial charge in [0, 0.05) is 22.9 Å². The number of rotatable bonds is 4. The van der Waals surface area contributed by atoms with E-state index in [-0.39, 0.29) is 11.9 Å². The number of fused-ring (bicyclic) bond motifs is 3. The van der Waals surface area contributed by atoms with Gasteiger partial charge in [-0.3, -0.25) is 9.89 Å². The minimum atomic E-state index is -0.182. The highest BCUT2D eigenvalue weighted by molar-refractivity contribution is 5.85. The average Bonchev–Trinajstić information content (AvgIpc) is 3.16. The first kappa shape index (κ1) is 19.2. The Bertz CT molecular complexity index is 1060. The number of ether oxygens (including phenoxy) is 1. The maximum atomic E-state index is 13.9. The monoisotopic (exact) mass is 406 g/mol. The molecule has 0 bridgehead atoms. The number of H-pyrrole nitrogens is 1. The van der Waals surface area contributed by atoms with E-state index in [1.54, 1.807) is 13.2 Å². The Balaban J connectivity index is 1.56. The molecular formula is C25H29FN3O+. The van der Waals surface area contributed by atoms with Gasteiger partial charge < -0.3 is 9.72 Å². The lowest BCUT2D eigenvalue weighted by Gasteiger charge is -2.26. The molecule has 5 heteroatoms. The maximum absolute atomic E-state index is 13.9. The molecule has 2 N–H and O–H groups in total. The summed E-state index contributed by atoms with van der Waals surface area (Å²) in [6.45, 7) is 0.896. The van der Waals surface area contributed by atoms with E-state index >= 15 is 0 Å². The topological polar surface area (TPSA) is 40.1 Å². The zero-order valence-electron chi connectivity index (χ0n) is 17.5. The van der Waals surface area contributed by atoms with Crippen LogP contribution in [0.15, 0.2) is 42.5 Å². The van der Waals surface area contributed by atoms with Crippen molar-refractivity contribution >= 4 is 17.2 Å². The van der Waals surface area contributed by atoms with Gasteiger partial charge in [-0.1, -0.05) is 18.6 Å². The second-order valence-electron chi connectivity index (χ2n) is 8.50. The molecule has 2 heterocycles. The van der Waals surface area contributed by atoms with Crippen molar-refractivity contribution < 1.29 is 13.7 Å². The van der Waals surface area contributed by atoms with Gasteiger partial charge in [0.1, 0.15) is 11.6 Å². The van der Waals surface area contributed by atoms with E-state index in [0.29, 0.717) is 6.04 Å². The zero-order chi connectivity index (χ0) is 20.5. The van der Waals surface area contributed by atoms with Gasteiger partial charge in [-0.25, -0.2) is 4.39 Å². The van der Waals surface area contributed by atoms with Gasteiger partial charge in [0.2, 0.25) is 6.34 Å². The molecule has 1 fully saturated rings. The molecule has 2 aliphatic rings. The summed E-state index contributed by atoms with van der Waals surface area (Å²) < 4.78 is 21.7. The molecular weight excluding hydrogens is 377 g/mol. The smallest absolute Gasteiger partial charge is 0.233 e. The van der Waals surface area contributed by atoms with Crippen molar-refractivity contribution in [1.29, 1.82) is 0 Å². The molecule has 156 valence electrons. The van der Waals surface area contributed by atoms with Crippen molar-refractivity contribution in [2.45, 2.75) is 50.6 Å². The summed E-state index contributed by atoms with van der Waals surface area (Å²) in [7, 11) is 1.69. The standard InChI is InChI=1S/C25H28FN3O/c1-30-20-10-7-17(8-11-20)25-24-21(22-15-18(26)9-12-23(22)28-24)13-14-29(25)16-27-19-5-3-2-4-6-19/h7-12,15-16,19,25,28H,2-6,13-14H2,1H3/p+1. The van der Waals surface area contributed by atoms with E-state index in [4.69, 9.17) is 4.74 Å². The number of halogens is 1. The number of nitrogens with one attached hydrogen (secondary N) is 2. The summed E-state index contributed by atoms with van der Waals surface area (Å²) in [5.41, 5.74) is 4.59. The van der Waals surface area contributed by atoms with Crippen LogP contribution in [0.2, 0.25) is 0 Å². The minimum absolute atomic E-state index is 0.0613. The number of methoxy groups -OCH3 is 1. The Kier molecular flexibility index (Phi) is 5.19. The van der Waals surface area contributed by atoms with Crippen molar-refractivity contribution in [2.75, 3.05) is 13.7 Å². The largest absolute Gasteiger partial charge is 0.497 e. The highest BCUT2D eigenvalue weighted by Gasteiger charge is 2.32. The zero-order valence-corrected chi connectivity index (χ0v) is 17.5. The number of aromatic amines is 1. The van der Waals surface area contributed by atoms with Crippen LogP contribution < -0.4 is 10.1 Å². The molecule has 3 aromatic rings. The van der Waals surface area contributed by atoms with Gasteiger partial charge >= 0.3 is 0 Å². The van der Waals surface area contributed by atoms with Gasteiger partial charge in [0.25, 0.3) is 0 Å². The van der Waals surface area contributed by atoms with Crippen molar-refractivity contribution in [3.8, 4) is 5.75 Å². The molecule has 5 rings (SSSR count). The molecule has 4 nitrogen and oxygen atoms in total. The summed E-state index contributed by atoms with van der Waals surface area (Å²) in [6, 6.07) is 14.0. The van der Waals surface area contributed by atoms with E-state index in [9.17, 15) is 4.39 Å². The highest BCUT2D eigenvalue weighted by Crippen LogP contribution is 2.37. The second kappa shape index (κ2) is 8.13. The number of aromatic nitrogens is 1. The quantitative estimate of drug-likeness (QED) is 0.477. The third-order valence-electron chi connectivity index (χ3n) is 6.64. The van der Waals surface area contributed by atoms with Crippen molar-refractivity contribution in [1.82, 2.24) is 10.3 Å². The molecule has 30 heavy (non-hydrogen) atoms. The Morgan fingerprint density at radius 2 is 1.90 bits per heavy atom. The minimum Gasteiger partial charge on any atom is -0.497 e. The van der Waals surface area contributed by atoms with Crippen molar-refractivity contribution in [3.05, 3.63) is 65.1 Å². The SMILES string of the molecule is COc1ccc(C2c3[nH]c4ccc(F)cc4c3CC[N+]2=CNC2CCCCC2)cc1. The molecule has 1 aliphatic heterocycles. The molecule has 1 unspecified atom stereocenters. The van der Waals surface area contributed by atoms with Gasteiger partial charge in [0.05, 0.1) is 25.4 Å². The van der Waals surface area contributed by atoms with Crippen LogP contribution in [-0.4, -0.2) is 35.6 Å². The Hall–Kier alpha value is -2.82. The van der Waals surface area contributed by atoms with Gasteiger partial charge in [-0.15, -0.1) is 0 Å². The van der Waals surface area contributed by atoms with Crippen molar-refractivity contribution in [2.24, 2.45) is 0 Å². The van der Waals surface area contributed by atoms with E-state index in [0.717, 1.165) is 35.3 Å². The fourth-order valence-corrected chi connectivity index (χ4v) is 5.03. The van der Waals surface area contributed by atoms with Crippen molar-refractivity contribution in [3.63, 3.8) is 0 Å². The van der Waals surface area contributed by atoms with Crippen LogP contribution in [0.4, 0.5) is 4.39 Å². The third kappa shape index (κ3) is 3.57. The van der Waals surface area contributed by atoms with Crippen LogP contribution >= 0.6 is 0 Å². The van der Waals surface area contributed by atoms with Crippen LogP contribution in [0.5, 0.6) is 5.75 Å². The number of hydrogen-bond donors (Lipinski definition) is 2. The maximum Gasteiger partial charge on any atom is 0.233 e. The average molecular weight is 407 g/mol. The van der Waals surface area contributed by atoms with Crippen LogP contribution in [0.1, 0.15) is 55.0 Å². The first-order chi connectivity index (χ1) is 14.7. The van der Waals surface area contributed by atoms with Gasteiger partial charge in [-0.05, 0) is 61.6 Å². The number of nitrogens with zero attached hydrogens (tertiary/aromatic N) is 1. The molecule has 0 amide bonds. The summed E-state index contributed by atoms with van der Waals surface area (Å²) in [4.78, 5) is 3.60. The normalized spacial score (nSPS) is 21.0. The fraction of sp³-hybridized carbons (Fsp3) is 0.400. The number of benzene rings is 2. The lowest BCUT2D eigenvalue weighted by atomic mass is 9.93. The van der Waals surface area contributed by atoms with E-state index in [2.05, 4.69) is 33.3 Å². The van der Waals surface area contributed by atoms with E-state index in [1.165, 1.54) is 49.3 Å². The summed E-state index contributed by atoms with van der Waals surface area (Å²) in [5.74, 6) is 0.669. The molecule has 1 saturated carbocycles. The predicted octanol–water partition coefficient (Wildman–Crippen LogP) is 4.92. The fourth-order valence-electron chi connectivity index (χ4n) is 5.03. The van der Waals surface area contributed by atoms with Crippen LogP contribution in [0, 0.1) is 5.82 Å². The predicted molar refractivity (Wildman–Crippen MR) is 118 cm³/mol. The number of hydrogen-bond acceptors (Lipinski definition) is 1.